The minimum atomic E-state index is -2.17. The van der Waals surface area contributed by atoms with Crippen LogP contribution in [0.1, 0.15) is 71.9 Å². The summed E-state index contributed by atoms with van der Waals surface area (Å²) in [7, 11) is 0. The monoisotopic (exact) mass is 797 g/mol. The fraction of sp³-hybridized carbons (Fsp3) is 0.545. The van der Waals surface area contributed by atoms with Crippen LogP contribution >= 0.6 is 0 Å². The van der Waals surface area contributed by atoms with Gasteiger partial charge >= 0.3 is 19.8 Å². The molecule has 10 heteroatoms. The van der Waals surface area contributed by atoms with Gasteiger partial charge in [0.2, 0.25) is 12.3 Å². The topological polar surface area (TPSA) is 74.3 Å². The predicted octanol–water partition coefficient (Wildman–Crippen LogP) is 7.85. The average molecular weight is 796 g/mol. The largest absolute Gasteiger partial charge is 1.00 e. The van der Waals surface area contributed by atoms with E-state index in [1.165, 1.54) is 18.4 Å². The maximum absolute atomic E-state index is 10.3. The van der Waals surface area contributed by atoms with Crippen LogP contribution in [0, 0.1) is 6.92 Å². The number of halogens is 2. The molecule has 1 atom stereocenters. The van der Waals surface area contributed by atoms with Gasteiger partial charge in [-0.2, -0.15) is 11.4 Å². The molecule has 2 heterocycles. The van der Waals surface area contributed by atoms with Crippen LogP contribution in [0.3, 0.4) is 0 Å². The van der Waals surface area contributed by atoms with Gasteiger partial charge in [0.15, 0.2) is 0 Å². The Bertz CT molecular complexity index is 1160. The van der Waals surface area contributed by atoms with Crippen LogP contribution in [-0.2, 0) is 49.2 Å². The summed E-state index contributed by atoms with van der Waals surface area (Å²) >= 11 is 4.08. The zero-order valence-corrected chi connectivity index (χ0v) is 30.4. The van der Waals surface area contributed by atoms with Crippen molar-refractivity contribution in [3.63, 3.8) is 0 Å². The van der Waals surface area contributed by atoms with E-state index in [2.05, 4.69) is 69.9 Å². The molecule has 1 aliphatic rings. The molecular weight excluding hydrogens is 745 g/mol. The molecule has 243 valence electrons. The number of rotatable bonds is 9. The first kappa shape index (κ1) is 41.2. The maximum atomic E-state index is 10.3. The summed E-state index contributed by atoms with van der Waals surface area (Å²) in [6, 6.07) is 18.3. The van der Waals surface area contributed by atoms with Crippen LogP contribution in [0.5, 0.6) is 11.6 Å². The Hall–Kier alpha value is -1.82. The van der Waals surface area contributed by atoms with Gasteiger partial charge in [-0.1, -0.05) is 44.2 Å². The molecule has 3 N–H and O–H groups in total. The number of aromatic nitrogens is 2. The number of likely N-dealkylation sites (N-methyl/N-ethyl adjacent to an activating group) is 1. The van der Waals surface area contributed by atoms with E-state index < -0.39 is 6.43 Å². The molecule has 1 fully saturated rings. The third-order valence-electron chi connectivity index (χ3n) is 6.34. The number of hydrogen-bond acceptors (Lipinski definition) is 6. The molecule has 0 amide bonds. The standard InChI is InChI=1S/C22H27N3O.C8H17NO.C2H4F2.CH4S.Os/c1-5-12-25-21(26-19-11-6-8-16(2)13-19)15-20(24-25)17-9-7-10-18(14-17)22(3,4)23;1-3-9-7-8(2)5-4-6-10-8;1-2(3)4;1-2;/h6-11,13-15H,5,12,23H2,1-4H3;9H,3-7H2,1-2H3;2H,1H3;2H,1H3;/q;;;;+1/p-1. The summed E-state index contributed by atoms with van der Waals surface area (Å²) in [5.41, 5.74) is 10.2. The first-order valence-corrected chi connectivity index (χ1v) is 15.4. The quantitative estimate of drug-likeness (QED) is 0.215. The second-order valence-corrected chi connectivity index (χ2v) is 11.0. The maximum Gasteiger partial charge on any atom is 1.00 e. The van der Waals surface area contributed by atoms with E-state index in [4.69, 9.17) is 20.3 Å². The van der Waals surface area contributed by atoms with E-state index in [0.29, 0.717) is 0 Å². The number of nitrogens with one attached hydrogen (secondary N) is 1. The number of nitrogens with two attached hydrogens (primary N) is 1. The number of benzene rings is 2. The van der Waals surface area contributed by atoms with Crippen LogP contribution in [0.2, 0.25) is 0 Å². The minimum Gasteiger partial charge on any atom is -0.796 e. The van der Waals surface area contributed by atoms with Crippen molar-refractivity contribution in [3.8, 4) is 22.9 Å². The minimum absolute atomic E-state index is 0. The molecule has 6 nitrogen and oxygen atoms in total. The first-order chi connectivity index (χ1) is 19.9. The van der Waals surface area contributed by atoms with Gasteiger partial charge in [0, 0.05) is 36.9 Å². The van der Waals surface area contributed by atoms with Crippen molar-refractivity contribution in [2.75, 3.05) is 26.0 Å². The molecule has 0 saturated carbocycles. The number of alkyl halides is 2. The van der Waals surface area contributed by atoms with Gasteiger partial charge in [0.1, 0.15) is 5.75 Å². The average Bonchev–Trinajstić information content (AvgIpc) is 3.55. The molecule has 1 aromatic heterocycles. The van der Waals surface area contributed by atoms with Gasteiger partial charge in [0.05, 0.1) is 11.3 Å². The smallest absolute Gasteiger partial charge is 0.796 e. The van der Waals surface area contributed by atoms with Gasteiger partial charge < -0.3 is 33.2 Å². The second kappa shape index (κ2) is 21.0. The molecule has 3 aromatic rings. The number of aryl methyl sites for hydroxylation is 2. The zero-order valence-electron chi connectivity index (χ0n) is 27.0. The summed E-state index contributed by atoms with van der Waals surface area (Å²) in [4.78, 5) is 0. The Morgan fingerprint density at radius 1 is 1.14 bits per heavy atom. The van der Waals surface area contributed by atoms with Crippen LogP contribution in [0.4, 0.5) is 8.78 Å². The molecule has 4 rings (SSSR count). The molecule has 0 spiro atoms. The fourth-order valence-electron chi connectivity index (χ4n) is 4.24. The predicted molar refractivity (Wildman–Crippen MR) is 174 cm³/mol. The molecule has 0 aliphatic carbocycles. The van der Waals surface area contributed by atoms with Crippen molar-refractivity contribution in [1.29, 1.82) is 0 Å². The molecule has 2 aromatic carbocycles. The van der Waals surface area contributed by atoms with E-state index in [0.717, 1.165) is 68.0 Å². The van der Waals surface area contributed by atoms with Gasteiger partial charge in [0.25, 0.3) is 0 Å². The molecular formula is C33H51F2N4O2OsS. The number of ether oxygens (including phenoxy) is 2. The summed E-state index contributed by atoms with van der Waals surface area (Å²) in [5, 5.41) is 8.07. The van der Waals surface area contributed by atoms with E-state index in [1.807, 2.05) is 48.9 Å². The molecule has 0 bridgehead atoms. The molecule has 1 saturated heterocycles. The normalized spacial score (nSPS) is 15.7. The summed E-state index contributed by atoms with van der Waals surface area (Å²) in [6.45, 7) is 17.1. The Morgan fingerprint density at radius 3 is 2.33 bits per heavy atom. The van der Waals surface area contributed by atoms with E-state index >= 15 is 0 Å². The van der Waals surface area contributed by atoms with Gasteiger partial charge in [-0.25, -0.2) is 13.5 Å². The van der Waals surface area contributed by atoms with E-state index in [9.17, 15) is 8.78 Å². The first-order valence-electron chi connectivity index (χ1n) is 14.6. The molecule has 43 heavy (non-hydrogen) atoms. The van der Waals surface area contributed by atoms with Gasteiger partial charge in [-0.05, 0) is 89.8 Å². The number of nitrogens with zero attached hydrogens (tertiary/aromatic N) is 2. The SMILES string of the molecule is CC(F)F.CCCn1nc(-c2cccc(C(C)(C)N)c2)cc1Oc1cccc(C)c1.CCNCC1(C)CCCO1.C[S-].[Os+]. The van der Waals surface area contributed by atoms with Crippen LogP contribution in [0.25, 0.3) is 11.3 Å². The zero-order chi connectivity index (χ0) is 31.8. The number of hydrogen-bond donors (Lipinski definition) is 2. The molecule has 1 radical (unpaired) electrons. The summed E-state index contributed by atoms with van der Waals surface area (Å²) < 4.78 is 34.3. The van der Waals surface area contributed by atoms with Crippen molar-refractivity contribution in [3.05, 3.63) is 65.7 Å². The Labute approximate surface area is 277 Å². The fourth-order valence-corrected chi connectivity index (χ4v) is 4.24. The van der Waals surface area contributed by atoms with E-state index in [-0.39, 0.29) is 30.9 Å². The third kappa shape index (κ3) is 15.6. The molecule has 1 aliphatic heterocycles. The van der Waals surface area contributed by atoms with Crippen molar-refractivity contribution < 1.29 is 38.0 Å². The third-order valence-corrected chi connectivity index (χ3v) is 6.34. The Balaban J connectivity index is 0.000000862. The molecule has 1 unspecified atom stereocenters. The van der Waals surface area contributed by atoms with Crippen molar-refractivity contribution in [1.82, 2.24) is 15.1 Å². The second-order valence-electron chi connectivity index (χ2n) is 11.0. The van der Waals surface area contributed by atoms with Crippen molar-refractivity contribution >= 4 is 12.6 Å². The Kier molecular flexibility index (Phi) is 20.1. The Morgan fingerprint density at radius 2 is 1.79 bits per heavy atom. The van der Waals surface area contributed by atoms with Crippen LogP contribution in [-0.4, -0.2) is 47.8 Å². The van der Waals surface area contributed by atoms with Crippen molar-refractivity contribution in [2.24, 2.45) is 5.73 Å². The van der Waals surface area contributed by atoms with Gasteiger partial charge in [-0.3, -0.25) is 0 Å². The van der Waals surface area contributed by atoms with Crippen LogP contribution < -0.4 is 15.8 Å². The van der Waals surface area contributed by atoms with Gasteiger partial charge in [-0.15, -0.1) is 0 Å². The van der Waals surface area contributed by atoms with Crippen molar-refractivity contribution in [2.45, 2.75) is 91.8 Å². The summed E-state index contributed by atoms with van der Waals surface area (Å²) in [5.74, 6) is 1.58. The van der Waals surface area contributed by atoms with Crippen LogP contribution in [0.15, 0.2) is 54.6 Å². The summed E-state index contributed by atoms with van der Waals surface area (Å²) in [6.07, 6.45) is 2.84. The van der Waals surface area contributed by atoms with E-state index in [1.54, 1.807) is 6.26 Å².